The minimum Gasteiger partial charge on any atom is -0.496 e. The van der Waals surface area contributed by atoms with E-state index in [-0.39, 0.29) is 29.9 Å². The van der Waals surface area contributed by atoms with Crippen molar-refractivity contribution in [2.75, 3.05) is 46.3 Å². The quantitative estimate of drug-likeness (QED) is 0.737. The summed E-state index contributed by atoms with van der Waals surface area (Å²) in [6, 6.07) is 12.2. The van der Waals surface area contributed by atoms with E-state index in [1.54, 1.807) is 61.5 Å². The number of hydrogen-bond acceptors (Lipinski definition) is 6. The van der Waals surface area contributed by atoms with E-state index in [0.29, 0.717) is 41.5 Å². The molecule has 33 heavy (non-hydrogen) atoms. The van der Waals surface area contributed by atoms with Crippen molar-refractivity contribution >= 4 is 17.5 Å². The minimum atomic E-state index is -0.326. The molecule has 2 N–H and O–H groups in total. The van der Waals surface area contributed by atoms with Crippen molar-refractivity contribution in [2.24, 2.45) is 5.92 Å². The van der Waals surface area contributed by atoms with Crippen molar-refractivity contribution in [3.05, 3.63) is 53.6 Å². The number of rotatable bonds is 4. The van der Waals surface area contributed by atoms with Gasteiger partial charge in [0.2, 0.25) is 0 Å². The molecule has 1 aliphatic rings. The Morgan fingerprint density at radius 3 is 2.67 bits per heavy atom. The largest absolute Gasteiger partial charge is 0.496 e. The molecule has 2 aromatic carbocycles. The number of carbonyl (C=O) groups is 2. The van der Waals surface area contributed by atoms with Crippen molar-refractivity contribution < 1.29 is 23.8 Å². The lowest BCUT2D eigenvalue weighted by molar-refractivity contribution is 0.0281. The number of nitrogens with zero attached hydrogens (tertiary/aromatic N) is 1. The van der Waals surface area contributed by atoms with E-state index >= 15 is 0 Å². The number of nitrogens with one attached hydrogen (secondary N) is 2. The molecule has 8 heteroatoms. The van der Waals surface area contributed by atoms with E-state index in [1.807, 2.05) is 6.92 Å². The lowest BCUT2D eigenvalue weighted by Crippen LogP contribution is -2.44. The van der Waals surface area contributed by atoms with E-state index < -0.39 is 0 Å². The first-order valence-electron chi connectivity index (χ1n) is 11.1. The summed E-state index contributed by atoms with van der Waals surface area (Å²) >= 11 is 0. The molecule has 3 rings (SSSR count). The fourth-order valence-electron chi connectivity index (χ4n) is 3.77. The molecule has 3 atom stereocenters. The van der Waals surface area contributed by atoms with Crippen molar-refractivity contribution in [1.29, 1.82) is 0 Å². The number of benzene rings is 2. The van der Waals surface area contributed by atoms with Gasteiger partial charge in [0.05, 0.1) is 24.3 Å². The molecule has 8 nitrogen and oxygen atoms in total. The Hall–Kier alpha value is -3.10. The van der Waals surface area contributed by atoms with E-state index in [1.165, 1.54) is 7.11 Å². The molecule has 0 fully saturated rings. The Balaban J connectivity index is 1.90. The fourth-order valence-corrected chi connectivity index (χ4v) is 3.77. The van der Waals surface area contributed by atoms with Crippen molar-refractivity contribution in [2.45, 2.75) is 26.0 Å². The van der Waals surface area contributed by atoms with Gasteiger partial charge >= 0.3 is 0 Å². The number of amides is 2. The Labute approximate surface area is 195 Å². The maximum absolute atomic E-state index is 13.4. The summed E-state index contributed by atoms with van der Waals surface area (Å²) < 4.78 is 16.9. The van der Waals surface area contributed by atoms with Crippen molar-refractivity contribution in [3.8, 4) is 11.5 Å². The molecule has 0 aromatic heterocycles. The Morgan fingerprint density at radius 2 is 1.94 bits per heavy atom. The molecular formula is C25H33N3O5. The smallest absolute Gasteiger partial charge is 0.259 e. The zero-order chi connectivity index (χ0) is 24.0. The summed E-state index contributed by atoms with van der Waals surface area (Å²) in [5.41, 5.74) is 1.28. The number of fused-ring (bicyclic) bond motifs is 1. The van der Waals surface area contributed by atoms with Gasteiger partial charge < -0.3 is 29.7 Å². The third-order valence-electron chi connectivity index (χ3n) is 5.83. The lowest BCUT2D eigenvalue weighted by atomic mass is 10.0. The van der Waals surface area contributed by atoms with Gasteiger partial charge in [-0.25, -0.2) is 0 Å². The molecule has 2 aromatic rings. The average Bonchev–Trinajstić information content (AvgIpc) is 2.83. The van der Waals surface area contributed by atoms with Gasteiger partial charge in [-0.3, -0.25) is 9.59 Å². The minimum absolute atomic E-state index is 0.0926. The summed E-state index contributed by atoms with van der Waals surface area (Å²) in [7, 11) is 4.92. The van der Waals surface area contributed by atoms with Crippen LogP contribution in [-0.2, 0) is 4.74 Å². The highest BCUT2D eigenvalue weighted by atomic mass is 16.5. The van der Waals surface area contributed by atoms with E-state index in [9.17, 15) is 9.59 Å². The van der Waals surface area contributed by atoms with Crippen LogP contribution in [0.1, 0.15) is 34.6 Å². The summed E-state index contributed by atoms with van der Waals surface area (Å²) in [6.45, 7) is 5.73. The topological polar surface area (TPSA) is 89.1 Å². The Kier molecular flexibility index (Phi) is 8.30. The number of anilines is 1. The van der Waals surface area contributed by atoms with Crippen LogP contribution in [0.4, 0.5) is 5.69 Å². The van der Waals surface area contributed by atoms with Crippen LogP contribution in [0.5, 0.6) is 11.5 Å². The van der Waals surface area contributed by atoms with Crippen LogP contribution in [0, 0.1) is 5.92 Å². The van der Waals surface area contributed by atoms with Crippen LogP contribution >= 0.6 is 0 Å². The predicted molar refractivity (Wildman–Crippen MR) is 127 cm³/mol. The molecule has 0 saturated heterocycles. The molecule has 178 valence electrons. The molecule has 2 amide bonds. The van der Waals surface area contributed by atoms with Crippen LogP contribution in [-0.4, -0.2) is 69.8 Å². The normalized spacial score (nSPS) is 21.8. The number of likely N-dealkylation sites (N-methyl/N-ethyl adjacent to an activating group) is 1. The molecule has 0 spiro atoms. The van der Waals surface area contributed by atoms with Gasteiger partial charge in [-0.05, 0) is 43.2 Å². The molecule has 1 aliphatic heterocycles. The standard InChI is InChI=1S/C25H33N3O5/c1-16-13-26-17(2)15-33-22-11-10-18(12-20(22)25(30)28(3)14-23(16)32-5)27-24(29)19-8-6-7-9-21(19)31-4/h6-12,16-17,23,26H,13-15H2,1-5H3,(H,27,29)/t16-,17+,23-/m1/s1. The highest BCUT2D eigenvalue weighted by molar-refractivity contribution is 6.07. The van der Waals surface area contributed by atoms with E-state index in [4.69, 9.17) is 14.2 Å². The lowest BCUT2D eigenvalue weighted by Gasteiger charge is -2.30. The molecular weight excluding hydrogens is 422 g/mol. The monoisotopic (exact) mass is 455 g/mol. The predicted octanol–water partition coefficient (Wildman–Crippen LogP) is 3.04. The Morgan fingerprint density at radius 1 is 1.18 bits per heavy atom. The molecule has 1 heterocycles. The number of carbonyl (C=O) groups excluding carboxylic acids is 2. The summed E-state index contributed by atoms with van der Waals surface area (Å²) in [5.74, 6) is 0.625. The zero-order valence-corrected chi connectivity index (χ0v) is 19.9. The molecule has 0 unspecified atom stereocenters. The third kappa shape index (κ3) is 6.03. The maximum atomic E-state index is 13.4. The van der Waals surface area contributed by atoms with Crippen LogP contribution in [0.15, 0.2) is 42.5 Å². The zero-order valence-electron chi connectivity index (χ0n) is 19.9. The second-order valence-corrected chi connectivity index (χ2v) is 8.42. The average molecular weight is 456 g/mol. The van der Waals surface area contributed by atoms with Gasteiger partial charge in [0.1, 0.15) is 18.1 Å². The van der Waals surface area contributed by atoms with Crippen LogP contribution in [0.3, 0.4) is 0 Å². The van der Waals surface area contributed by atoms with Gasteiger partial charge in [0, 0.05) is 39.0 Å². The van der Waals surface area contributed by atoms with E-state index in [0.717, 1.165) is 6.54 Å². The fraction of sp³-hybridized carbons (Fsp3) is 0.440. The summed E-state index contributed by atoms with van der Waals surface area (Å²) in [5, 5.41) is 6.32. The molecule has 0 radical (unpaired) electrons. The number of methoxy groups -OCH3 is 2. The van der Waals surface area contributed by atoms with Crippen molar-refractivity contribution in [3.63, 3.8) is 0 Å². The SMILES string of the molecule is COc1ccccc1C(=O)Nc1ccc2c(c1)C(=O)N(C)C[C@@H](OC)[C@H](C)CN[C@@H](C)CO2. The summed E-state index contributed by atoms with van der Waals surface area (Å²) in [4.78, 5) is 27.8. The maximum Gasteiger partial charge on any atom is 0.259 e. The first-order chi connectivity index (χ1) is 15.8. The third-order valence-corrected chi connectivity index (χ3v) is 5.83. The second-order valence-electron chi connectivity index (χ2n) is 8.42. The van der Waals surface area contributed by atoms with Crippen LogP contribution in [0.2, 0.25) is 0 Å². The molecule has 0 aliphatic carbocycles. The van der Waals surface area contributed by atoms with Gasteiger partial charge in [-0.1, -0.05) is 19.1 Å². The second kappa shape index (κ2) is 11.2. The molecule has 0 bridgehead atoms. The highest BCUT2D eigenvalue weighted by Gasteiger charge is 2.26. The van der Waals surface area contributed by atoms with Crippen LogP contribution < -0.4 is 20.1 Å². The van der Waals surface area contributed by atoms with Gasteiger partial charge in [0.25, 0.3) is 11.8 Å². The van der Waals surface area contributed by atoms with Gasteiger partial charge in [-0.2, -0.15) is 0 Å². The number of para-hydroxylation sites is 1. The van der Waals surface area contributed by atoms with Crippen molar-refractivity contribution in [1.82, 2.24) is 10.2 Å². The number of ether oxygens (including phenoxy) is 3. The Bertz CT molecular complexity index is 980. The van der Waals surface area contributed by atoms with Gasteiger partial charge in [-0.15, -0.1) is 0 Å². The first-order valence-corrected chi connectivity index (χ1v) is 11.1. The molecule has 0 saturated carbocycles. The summed E-state index contributed by atoms with van der Waals surface area (Å²) in [6.07, 6.45) is -0.115. The van der Waals surface area contributed by atoms with Gasteiger partial charge in [0.15, 0.2) is 0 Å². The first kappa shape index (κ1) is 24.5. The highest BCUT2D eigenvalue weighted by Crippen LogP contribution is 2.27. The van der Waals surface area contributed by atoms with E-state index in [2.05, 4.69) is 17.6 Å². The number of hydrogen-bond donors (Lipinski definition) is 2. The van der Waals surface area contributed by atoms with Crippen LogP contribution in [0.25, 0.3) is 0 Å².